The van der Waals surface area contributed by atoms with E-state index in [2.05, 4.69) is 12.1 Å². The first-order chi connectivity index (χ1) is 17.2. The molecule has 182 valence electrons. The van der Waals surface area contributed by atoms with Crippen molar-refractivity contribution in [3.63, 3.8) is 0 Å². The van der Waals surface area contributed by atoms with Crippen LogP contribution in [0.15, 0.2) is 66.7 Å². The molecule has 0 N–H and O–H groups in total. The summed E-state index contributed by atoms with van der Waals surface area (Å²) in [6.45, 7) is 2.72. The van der Waals surface area contributed by atoms with E-state index in [1.165, 1.54) is 17.7 Å². The Balaban J connectivity index is 1.09. The molecule has 0 unspecified atom stereocenters. The molecule has 2 aliphatic rings. The van der Waals surface area contributed by atoms with E-state index in [1.54, 1.807) is 12.1 Å². The van der Waals surface area contributed by atoms with Crippen LogP contribution in [0.4, 0.5) is 4.39 Å². The van der Waals surface area contributed by atoms with E-state index >= 15 is 0 Å². The number of fused-ring (bicyclic) bond motifs is 1. The number of ether oxygens (including phenoxy) is 3. The number of halogens is 1. The van der Waals surface area contributed by atoms with Gasteiger partial charge in [-0.3, -0.25) is 4.79 Å². The molecule has 6 heteroatoms. The topological polar surface area (TPSA) is 48.0 Å². The lowest BCUT2D eigenvalue weighted by Gasteiger charge is -2.32. The first-order valence-electron chi connectivity index (χ1n) is 12.3. The molecule has 0 bridgehead atoms. The Hall–Kier alpha value is -3.54. The molecule has 0 atom stereocenters. The van der Waals surface area contributed by atoms with E-state index in [0.29, 0.717) is 24.9 Å². The highest BCUT2D eigenvalue weighted by atomic mass is 19.1. The summed E-state index contributed by atoms with van der Waals surface area (Å²) in [7, 11) is 0. The van der Waals surface area contributed by atoms with Gasteiger partial charge >= 0.3 is 0 Å². The fraction of sp³-hybridized carbons (Fsp3) is 0.345. The van der Waals surface area contributed by atoms with Gasteiger partial charge < -0.3 is 19.1 Å². The van der Waals surface area contributed by atoms with Crippen LogP contribution in [-0.2, 0) is 11.2 Å². The molecule has 3 aromatic rings. The Morgan fingerprint density at radius 2 is 1.69 bits per heavy atom. The maximum absolute atomic E-state index is 13.3. The molecular weight excluding hydrogens is 445 g/mol. The van der Waals surface area contributed by atoms with Crippen LogP contribution in [0, 0.1) is 11.7 Å². The number of nitrogens with zero attached hydrogens (tertiary/aromatic N) is 1. The predicted octanol–water partition coefficient (Wildman–Crippen LogP) is 5.51. The highest BCUT2D eigenvalue weighted by molar-refractivity contribution is 5.78. The smallest absolute Gasteiger partial charge is 0.260 e. The van der Waals surface area contributed by atoms with Gasteiger partial charge in [-0.1, -0.05) is 36.4 Å². The van der Waals surface area contributed by atoms with Gasteiger partial charge in [0.1, 0.15) is 24.8 Å². The molecule has 1 fully saturated rings. The van der Waals surface area contributed by atoms with E-state index in [9.17, 15) is 9.18 Å². The minimum atomic E-state index is -0.281. The molecule has 0 saturated carbocycles. The monoisotopic (exact) mass is 475 g/mol. The lowest BCUT2D eigenvalue weighted by Crippen LogP contribution is -2.41. The van der Waals surface area contributed by atoms with Crippen molar-refractivity contribution >= 4 is 5.91 Å². The van der Waals surface area contributed by atoms with Crippen LogP contribution in [0.5, 0.6) is 17.2 Å². The SMILES string of the molecule is O=C(COc1ccccc1-c1ccc(F)cc1)N1CCC(CCc2ccc3c(c2)OCCO3)CC1. The van der Waals surface area contributed by atoms with Gasteiger partial charge in [-0.2, -0.15) is 0 Å². The minimum absolute atomic E-state index is 0.0000707. The zero-order valence-electron chi connectivity index (χ0n) is 19.8. The second-order valence-electron chi connectivity index (χ2n) is 9.13. The zero-order chi connectivity index (χ0) is 24.0. The van der Waals surface area contributed by atoms with Crippen molar-refractivity contribution in [2.45, 2.75) is 25.7 Å². The van der Waals surface area contributed by atoms with Gasteiger partial charge in [-0.15, -0.1) is 0 Å². The average molecular weight is 476 g/mol. The number of benzene rings is 3. The quantitative estimate of drug-likeness (QED) is 0.452. The summed E-state index contributed by atoms with van der Waals surface area (Å²) in [4.78, 5) is 14.7. The van der Waals surface area contributed by atoms with Crippen molar-refractivity contribution < 1.29 is 23.4 Å². The van der Waals surface area contributed by atoms with Gasteiger partial charge in [0, 0.05) is 18.7 Å². The minimum Gasteiger partial charge on any atom is -0.486 e. The molecule has 1 saturated heterocycles. The van der Waals surface area contributed by atoms with Crippen LogP contribution in [0.2, 0.25) is 0 Å². The Kier molecular flexibility index (Phi) is 7.17. The molecule has 0 aliphatic carbocycles. The third-order valence-electron chi connectivity index (χ3n) is 6.81. The molecule has 2 aliphatic heterocycles. The van der Waals surface area contributed by atoms with Crippen LogP contribution in [-0.4, -0.2) is 43.7 Å². The number of aryl methyl sites for hydroxylation is 1. The summed E-state index contributed by atoms with van der Waals surface area (Å²) in [6, 6.07) is 20.0. The van der Waals surface area contributed by atoms with Crippen LogP contribution < -0.4 is 14.2 Å². The Morgan fingerprint density at radius 1 is 0.943 bits per heavy atom. The number of likely N-dealkylation sites (tertiary alicyclic amines) is 1. The molecule has 2 heterocycles. The number of rotatable bonds is 7. The van der Waals surface area contributed by atoms with E-state index < -0.39 is 0 Å². The van der Waals surface area contributed by atoms with E-state index in [0.717, 1.165) is 61.4 Å². The number of carbonyl (C=O) groups is 1. The molecule has 0 aromatic heterocycles. The van der Waals surface area contributed by atoms with Crippen molar-refractivity contribution in [1.29, 1.82) is 0 Å². The number of para-hydroxylation sites is 1. The molecule has 0 spiro atoms. The number of carbonyl (C=O) groups excluding carboxylic acids is 1. The second-order valence-corrected chi connectivity index (χ2v) is 9.13. The highest BCUT2D eigenvalue weighted by Crippen LogP contribution is 2.32. The van der Waals surface area contributed by atoms with Crippen molar-refractivity contribution in [3.05, 3.63) is 78.1 Å². The third-order valence-corrected chi connectivity index (χ3v) is 6.81. The maximum atomic E-state index is 13.3. The van der Waals surface area contributed by atoms with Crippen molar-refractivity contribution in [2.24, 2.45) is 5.92 Å². The molecule has 3 aromatic carbocycles. The summed E-state index contributed by atoms with van der Waals surface area (Å²) < 4.78 is 30.5. The molecule has 35 heavy (non-hydrogen) atoms. The van der Waals surface area contributed by atoms with Crippen molar-refractivity contribution in [1.82, 2.24) is 4.90 Å². The number of amides is 1. The number of hydrogen-bond donors (Lipinski definition) is 0. The van der Waals surface area contributed by atoms with Crippen LogP contribution in [0.3, 0.4) is 0 Å². The normalized spacial score (nSPS) is 15.6. The summed E-state index contributed by atoms with van der Waals surface area (Å²) in [6.07, 6.45) is 4.10. The Bertz CT molecular complexity index is 1160. The van der Waals surface area contributed by atoms with Crippen LogP contribution in [0.25, 0.3) is 11.1 Å². The molecule has 1 amide bonds. The number of hydrogen-bond acceptors (Lipinski definition) is 4. The van der Waals surface area contributed by atoms with E-state index in [-0.39, 0.29) is 18.3 Å². The fourth-order valence-electron chi connectivity index (χ4n) is 4.78. The first-order valence-corrected chi connectivity index (χ1v) is 12.3. The van der Waals surface area contributed by atoms with Crippen molar-refractivity contribution in [3.8, 4) is 28.4 Å². The zero-order valence-corrected chi connectivity index (χ0v) is 19.8. The van der Waals surface area contributed by atoms with Gasteiger partial charge in [-0.05, 0) is 73.1 Å². The van der Waals surface area contributed by atoms with E-state index in [1.807, 2.05) is 35.2 Å². The summed E-state index contributed by atoms with van der Waals surface area (Å²) in [5.41, 5.74) is 2.97. The largest absolute Gasteiger partial charge is 0.486 e. The highest BCUT2D eigenvalue weighted by Gasteiger charge is 2.23. The van der Waals surface area contributed by atoms with E-state index in [4.69, 9.17) is 14.2 Å². The van der Waals surface area contributed by atoms with Gasteiger partial charge in [0.05, 0.1) is 0 Å². The van der Waals surface area contributed by atoms with Crippen LogP contribution >= 0.6 is 0 Å². The molecule has 0 radical (unpaired) electrons. The fourth-order valence-corrected chi connectivity index (χ4v) is 4.78. The summed E-state index contributed by atoms with van der Waals surface area (Å²) in [5.74, 6) is 2.62. The van der Waals surface area contributed by atoms with Crippen LogP contribution in [0.1, 0.15) is 24.8 Å². The first kappa shape index (κ1) is 23.2. The molecule has 5 nitrogen and oxygen atoms in total. The second kappa shape index (κ2) is 10.8. The standard InChI is InChI=1S/C29H30FNO4/c30-24-10-8-23(9-11-24)25-3-1-2-4-26(25)35-20-29(32)31-15-13-21(14-16-31)5-6-22-7-12-27-28(19-22)34-18-17-33-27/h1-4,7-12,19,21H,5-6,13-18,20H2. The predicted molar refractivity (Wildman–Crippen MR) is 132 cm³/mol. The molecular formula is C29H30FNO4. The average Bonchev–Trinajstić information content (AvgIpc) is 2.91. The maximum Gasteiger partial charge on any atom is 0.260 e. The summed E-state index contributed by atoms with van der Waals surface area (Å²) in [5, 5.41) is 0. The Morgan fingerprint density at radius 3 is 2.49 bits per heavy atom. The number of piperidine rings is 1. The Labute approximate surface area is 205 Å². The summed E-state index contributed by atoms with van der Waals surface area (Å²) >= 11 is 0. The van der Waals surface area contributed by atoms with Gasteiger partial charge in [-0.25, -0.2) is 4.39 Å². The lowest BCUT2D eigenvalue weighted by molar-refractivity contribution is -0.134. The third kappa shape index (κ3) is 5.76. The molecule has 5 rings (SSSR count). The van der Waals surface area contributed by atoms with Gasteiger partial charge in [0.15, 0.2) is 18.1 Å². The lowest BCUT2D eigenvalue weighted by atomic mass is 9.90. The van der Waals surface area contributed by atoms with Crippen molar-refractivity contribution in [2.75, 3.05) is 32.9 Å². The van der Waals surface area contributed by atoms with Gasteiger partial charge in [0.2, 0.25) is 0 Å². The van der Waals surface area contributed by atoms with Gasteiger partial charge in [0.25, 0.3) is 5.91 Å².